The summed E-state index contributed by atoms with van der Waals surface area (Å²) in [7, 11) is 0. The average molecular weight is 350 g/mol. The van der Waals surface area contributed by atoms with E-state index in [1.54, 1.807) is 36.8 Å². The maximum Gasteiger partial charge on any atom is 0.216 e. The first-order valence-electron chi connectivity index (χ1n) is 6.22. The molecule has 0 saturated heterocycles. The van der Waals surface area contributed by atoms with E-state index in [4.69, 9.17) is 35.4 Å². The molecule has 0 saturated carbocycles. The summed E-state index contributed by atoms with van der Waals surface area (Å²) >= 11 is 17.2. The van der Waals surface area contributed by atoms with Crippen LogP contribution >= 0.6 is 35.4 Å². The minimum atomic E-state index is 0.383. The van der Waals surface area contributed by atoms with Crippen molar-refractivity contribution in [2.45, 2.75) is 0 Å². The van der Waals surface area contributed by atoms with E-state index in [0.29, 0.717) is 20.6 Å². The molecule has 0 spiro atoms. The Kier molecular flexibility index (Phi) is 4.33. The van der Waals surface area contributed by atoms with Crippen molar-refractivity contribution in [1.29, 1.82) is 0 Å². The first-order chi connectivity index (χ1) is 10.6. The Hall–Kier alpha value is -2.02. The van der Waals surface area contributed by atoms with E-state index >= 15 is 0 Å². The number of nitrogens with zero attached hydrogens (tertiary/aromatic N) is 4. The predicted octanol–water partition coefficient (Wildman–Crippen LogP) is 4.19. The van der Waals surface area contributed by atoms with Crippen molar-refractivity contribution < 1.29 is 0 Å². The Morgan fingerprint density at radius 3 is 2.68 bits per heavy atom. The van der Waals surface area contributed by atoms with E-state index in [1.165, 1.54) is 4.68 Å². The molecule has 0 atom stereocenters. The summed E-state index contributed by atoms with van der Waals surface area (Å²) in [4.78, 5) is 3.98. The molecular weight excluding hydrogens is 341 g/mol. The number of hydrogen-bond acceptors (Lipinski definition) is 4. The SMILES string of the molecule is S=c1[nH]nc(-c2ccncc2)n1/N=C\c1ccc(Cl)cc1Cl. The fourth-order valence-electron chi connectivity index (χ4n) is 1.81. The number of aromatic amines is 1. The van der Waals surface area contributed by atoms with Crippen LogP contribution < -0.4 is 0 Å². The normalized spacial score (nSPS) is 11.2. The summed E-state index contributed by atoms with van der Waals surface area (Å²) in [5.41, 5.74) is 1.58. The van der Waals surface area contributed by atoms with Crippen LogP contribution in [0.15, 0.2) is 47.8 Å². The topological polar surface area (TPSA) is 58.9 Å². The summed E-state index contributed by atoms with van der Waals surface area (Å²) in [5.74, 6) is 0.591. The van der Waals surface area contributed by atoms with Crippen LogP contribution in [-0.4, -0.2) is 26.1 Å². The monoisotopic (exact) mass is 349 g/mol. The Bertz CT molecular complexity index is 886. The van der Waals surface area contributed by atoms with Gasteiger partial charge in [-0.2, -0.15) is 14.9 Å². The largest absolute Gasteiger partial charge is 0.265 e. The molecule has 2 aromatic heterocycles. The van der Waals surface area contributed by atoms with Crippen molar-refractivity contribution in [3.05, 3.63) is 63.1 Å². The number of aromatic nitrogens is 4. The van der Waals surface area contributed by atoms with Gasteiger partial charge in [-0.05, 0) is 36.5 Å². The van der Waals surface area contributed by atoms with Crippen LogP contribution in [-0.2, 0) is 0 Å². The van der Waals surface area contributed by atoms with Crippen molar-refractivity contribution in [3.8, 4) is 11.4 Å². The summed E-state index contributed by atoms with van der Waals surface area (Å²) in [6.07, 6.45) is 4.96. The number of benzene rings is 1. The Morgan fingerprint density at radius 1 is 1.18 bits per heavy atom. The van der Waals surface area contributed by atoms with Gasteiger partial charge in [-0.25, -0.2) is 5.10 Å². The molecule has 0 bridgehead atoms. The van der Waals surface area contributed by atoms with Crippen LogP contribution in [0.2, 0.25) is 10.0 Å². The van der Waals surface area contributed by atoms with Gasteiger partial charge in [0.25, 0.3) is 0 Å². The second kappa shape index (κ2) is 6.39. The third kappa shape index (κ3) is 3.09. The maximum absolute atomic E-state index is 6.12. The number of halogens is 2. The molecule has 110 valence electrons. The molecule has 0 aliphatic carbocycles. The number of pyridine rings is 1. The fourth-order valence-corrected chi connectivity index (χ4v) is 2.45. The van der Waals surface area contributed by atoms with E-state index in [-0.39, 0.29) is 0 Å². The van der Waals surface area contributed by atoms with Crippen LogP contribution in [0.25, 0.3) is 11.4 Å². The molecule has 0 aliphatic rings. The quantitative estimate of drug-likeness (QED) is 0.569. The standard InChI is InChI=1S/C14H9Cl2N5S/c15-11-2-1-10(12(16)7-11)8-18-21-13(19-20-14(21)22)9-3-5-17-6-4-9/h1-8H,(H,20,22)/b18-8-. The van der Waals surface area contributed by atoms with Gasteiger partial charge in [0.2, 0.25) is 4.77 Å². The van der Waals surface area contributed by atoms with E-state index in [9.17, 15) is 0 Å². The Morgan fingerprint density at radius 2 is 1.95 bits per heavy atom. The Balaban J connectivity index is 2.01. The number of rotatable bonds is 3. The van der Waals surface area contributed by atoms with Crippen LogP contribution in [0.3, 0.4) is 0 Å². The van der Waals surface area contributed by atoms with Crippen molar-refractivity contribution in [1.82, 2.24) is 19.9 Å². The third-order valence-corrected chi connectivity index (χ3v) is 3.69. The molecule has 5 nitrogen and oxygen atoms in total. The molecule has 1 N–H and O–H groups in total. The van der Waals surface area contributed by atoms with Crippen LogP contribution in [0, 0.1) is 4.77 Å². The lowest BCUT2D eigenvalue weighted by atomic mass is 10.2. The highest BCUT2D eigenvalue weighted by Crippen LogP contribution is 2.20. The van der Waals surface area contributed by atoms with Gasteiger partial charge in [-0.15, -0.1) is 0 Å². The Labute approximate surface area is 141 Å². The summed E-state index contributed by atoms with van der Waals surface area (Å²) in [5, 5.41) is 12.3. The third-order valence-electron chi connectivity index (χ3n) is 2.86. The zero-order chi connectivity index (χ0) is 15.5. The summed E-state index contributed by atoms with van der Waals surface area (Å²) < 4.78 is 1.91. The summed E-state index contributed by atoms with van der Waals surface area (Å²) in [6.45, 7) is 0. The van der Waals surface area contributed by atoms with Gasteiger partial charge in [0.05, 0.1) is 11.2 Å². The van der Waals surface area contributed by atoms with Crippen molar-refractivity contribution >= 4 is 41.6 Å². The van der Waals surface area contributed by atoms with Crippen molar-refractivity contribution in [2.75, 3.05) is 0 Å². The molecule has 3 rings (SSSR count). The van der Waals surface area contributed by atoms with Gasteiger partial charge >= 0.3 is 0 Å². The molecule has 3 aromatic rings. The number of H-pyrrole nitrogens is 1. The molecule has 0 fully saturated rings. The second-order valence-electron chi connectivity index (χ2n) is 4.31. The highest BCUT2D eigenvalue weighted by molar-refractivity contribution is 7.71. The zero-order valence-electron chi connectivity index (χ0n) is 11.1. The van der Waals surface area contributed by atoms with Crippen molar-refractivity contribution in [3.63, 3.8) is 0 Å². The zero-order valence-corrected chi connectivity index (χ0v) is 13.4. The molecule has 8 heteroatoms. The molecule has 22 heavy (non-hydrogen) atoms. The van der Waals surface area contributed by atoms with Gasteiger partial charge in [0.15, 0.2) is 5.82 Å². The van der Waals surface area contributed by atoms with Gasteiger partial charge in [-0.1, -0.05) is 29.3 Å². The van der Waals surface area contributed by atoms with Gasteiger partial charge in [0.1, 0.15) is 0 Å². The van der Waals surface area contributed by atoms with E-state index < -0.39 is 0 Å². The van der Waals surface area contributed by atoms with Gasteiger partial charge in [0, 0.05) is 28.5 Å². The van der Waals surface area contributed by atoms with Crippen molar-refractivity contribution in [2.24, 2.45) is 5.10 Å². The lowest BCUT2D eigenvalue weighted by Crippen LogP contribution is -1.95. The smallest absolute Gasteiger partial charge is 0.216 e. The molecule has 0 aliphatic heterocycles. The minimum absolute atomic E-state index is 0.383. The maximum atomic E-state index is 6.12. The van der Waals surface area contributed by atoms with Crippen LogP contribution in [0.1, 0.15) is 5.56 Å². The van der Waals surface area contributed by atoms with E-state index in [0.717, 1.165) is 11.1 Å². The minimum Gasteiger partial charge on any atom is -0.265 e. The lowest BCUT2D eigenvalue weighted by Gasteiger charge is -2.01. The van der Waals surface area contributed by atoms with E-state index in [2.05, 4.69) is 20.3 Å². The number of nitrogens with one attached hydrogen (secondary N) is 1. The van der Waals surface area contributed by atoms with Gasteiger partial charge in [-0.3, -0.25) is 4.98 Å². The lowest BCUT2D eigenvalue weighted by molar-refractivity contribution is 0.871. The first kappa shape index (κ1) is 14.9. The highest BCUT2D eigenvalue weighted by Gasteiger charge is 2.07. The molecular formula is C14H9Cl2N5S. The first-order valence-corrected chi connectivity index (χ1v) is 7.39. The molecule has 0 amide bonds. The molecule has 0 unspecified atom stereocenters. The molecule has 1 aromatic carbocycles. The van der Waals surface area contributed by atoms with E-state index in [1.807, 2.05) is 12.1 Å². The number of hydrogen-bond donors (Lipinski definition) is 1. The van der Waals surface area contributed by atoms with Crippen LogP contribution in [0.4, 0.5) is 0 Å². The fraction of sp³-hybridized carbons (Fsp3) is 0. The van der Waals surface area contributed by atoms with Crippen LogP contribution in [0.5, 0.6) is 0 Å². The highest BCUT2D eigenvalue weighted by atomic mass is 35.5. The average Bonchev–Trinajstić information content (AvgIpc) is 2.88. The molecule has 2 heterocycles. The van der Waals surface area contributed by atoms with Gasteiger partial charge < -0.3 is 0 Å². The molecule has 0 radical (unpaired) electrons. The predicted molar refractivity (Wildman–Crippen MR) is 90.1 cm³/mol. The second-order valence-corrected chi connectivity index (χ2v) is 5.54. The summed E-state index contributed by atoms with van der Waals surface area (Å²) in [6, 6.07) is 8.83.